The highest BCUT2D eigenvalue weighted by Crippen LogP contribution is 2.34. The molecular formula is C23H27Cl2N3O6S. The van der Waals surface area contributed by atoms with Gasteiger partial charge in [0.25, 0.3) is 10.0 Å². The van der Waals surface area contributed by atoms with Crippen LogP contribution in [-0.2, 0) is 19.6 Å². The normalized spacial score (nSPS) is 14.0. The topological polar surface area (TPSA) is 96.5 Å². The molecule has 1 aliphatic heterocycles. The van der Waals surface area contributed by atoms with Gasteiger partial charge >= 0.3 is 6.09 Å². The van der Waals surface area contributed by atoms with Crippen LogP contribution in [0.15, 0.2) is 41.3 Å². The van der Waals surface area contributed by atoms with Crippen molar-refractivity contribution in [3.8, 4) is 5.75 Å². The lowest BCUT2D eigenvalue weighted by Gasteiger charge is -2.35. The van der Waals surface area contributed by atoms with Gasteiger partial charge in [-0.2, -0.15) is 0 Å². The molecule has 9 nitrogen and oxygen atoms in total. The average Bonchev–Trinajstić information content (AvgIpc) is 2.84. The highest BCUT2D eigenvalue weighted by atomic mass is 35.5. The maximum atomic E-state index is 13.8. The first-order valence-corrected chi connectivity index (χ1v) is 13.1. The van der Waals surface area contributed by atoms with E-state index in [0.717, 1.165) is 4.31 Å². The maximum absolute atomic E-state index is 13.8. The largest absolute Gasteiger partial charge is 0.495 e. The maximum Gasteiger partial charge on any atom is 0.409 e. The van der Waals surface area contributed by atoms with Crippen LogP contribution in [0, 0.1) is 6.92 Å². The number of aryl methyl sites for hydroxylation is 1. The molecule has 0 saturated carbocycles. The van der Waals surface area contributed by atoms with Crippen molar-refractivity contribution in [2.24, 2.45) is 0 Å². The fourth-order valence-electron chi connectivity index (χ4n) is 3.64. The number of hydrogen-bond donors (Lipinski definition) is 0. The van der Waals surface area contributed by atoms with Gasteiger partial charge in [-0.05, 0) is 49.7 Å². The van der Waals surface area contributed by atoms with E-state index in [1.165, 1.54) is 41.2 Å². The molecule has 0 atom stereocenters. The van der Waals surface area contributed by atoms with Gasteiger partial charge in [-0.25, -0.2) is 13.2 Å². The number of benzene rings is 2. The monoisotopic (exact) mass is 543 g/mol. The van der Waals surface area contributed by atoms with Gasteiger partial charge < -0.3 is 19.3 Å². The van der Waals surface area contributed by atoms with E-state index in [1.54, 1.807) is 26.0 Å². The summed E-state index contributed by atoms with van der Waals surface area (Å²) in [6.07, 6.45) is -0.439. The smallest absolute Gasteiger partial charge is 0.409 e. The summed E-state index contributed by atoms with van der Waals surface area (Å²) >= 11 is 12.2. The van der Waals surface area contributed by atoms with E-state index in [9.17, 15) is 18.0 Å². The van der Waals surface area contributed by atoms with Crippen molar-refractivity contribution >= 4 is 50.9 Å². The molecule has 0 radical (unpaired) electrons. The van der Waals surface area contributed by atoms with Crippen LogP contribution >= 0.6 is 23.2 Å². The van der Waals surface area contributed by atoms with Crippen molar-refractivity contribution in [2.75, 3.05) is 50.7 Å². The molecule has 0 bridgehead atoms. The van der Waals surface area contributed by atoms with Crippen molar-refractivity contribution in [1.82, 2.24) is 9.80 Å². The molecular weight excluding hydrogens is 517 g/mol. The van der Waals surface area contributed by atoms with Gasteiger partial charge in [-0.1, -0.05) is 29.3 Å². The predicted octanol–water partition coefficient (Wildman–Crippen LogP) is 3.81. The molecule has 0 spiro atoms. The summed E-state index contributed by atoms with van der Waals surface area (Å²) in [7, 11) is -2.86. The van der Waals surface area contributed by atoms with Crippen LogP contribution in [0.25, 0.3) is 0 Å². The fraction of sp³-hybridized carbons (Fsp3) is 0.391. The molecule has 1 aliphatic rings. The molecule has 190 valence electrons. The number of nitrogens with zero attached hydrogens (tertiary/aromatic N) is 3. The molecule has 0 aromatic heterocycles. The Balaban J connectivity index is 1.92. The second-order valence-corrected chi connectivity index (χ2v) is 10.5. The number of sulfonamides is 1. The number of carbonyl (C=O) groups is 2. The first-order chi connectivity index (χ1) is 16.6. The summed E-state index contributed by atoms with van der Waals surface area (Å²) in [5.74, 6) is -0.272. The standard InChI is InChI=1S/C23H27Cl2N3O6S/c1-4-34-23(30)27-11-9-26(10-12-27)22(29)15-28(17-6-7-18(24)19(25)14-17)35(31,32)21-13-16(2)5-8-20(21)33-3/h5-8,13-14H,4,9-12,15H2,1-3H3. The van der Waals surface area contributed by atoms with E-state index in [-0.39, 0.29) is 59.2 Å². The SMILES string of the molecule is CCOC(=O)N1CCN(C(=O)CN(c2ccc(Cl)c(Cl)c2)S(=O)(=O)c2cc(C)ccc2OC)CC1. The van der Waals surface area contributed by atoms with Gasteiger partial charge in [0.1, 0.15) is 17.2 Å². The number of carbonyl (C=O) groups excluding carboxylic acids is 2. The minimum absolute atomic E-state index is 0.0778. The molecule has 2 aromatic carbocycles. The summed E-state index contributed by atoms with van der Waals surface area (Å²) < 4.78 is 38.9. The van der Waals surface area contributed by atoms with Crippen molar-refractivity contribution in [3.63, 3.8) is 0 Å². The number of methoxy groups -OCH3 is 1. The minimum atomic E-state index is -4.24. The zero-order valence-electron chi connectivity index (χ0n) is 19.7. The molecule has 35 heavy (non-hydrogen) atoms. The third kappa shape index (κ3) is 6.12. The van der Waals surface area contributed by atoms with Gasteiger partial charge in [0.2, 0.25) is 5.91 Å². The molecule has 0 unspecified atom stereocenters. The number of piperazine rings is 1. The molecule has 12 heteroatoms. The van der Waals surface area contributed by atoms with E-state index in [2.05, 4.69) is 0 Å². The molecule has 1 saturated heterocycles. The minimum Gasteiger partial charge on any atom is -0.495 e. The Morgan fingerprint density at radius 3 is 2.26 bits per heavy atom. The Morgan fingerprint density at radius 2 is 1.66 bits per heavy atom. The van der Waals surface area contributed by atoms with Gasteiger partial charge in [0, 0.05) is 26.2 Å². The third-order valence-electron chi connectivity index (χ3n) is 5.52. The second kappa shape index (κ2) is 11.4. The molecule has 0 N–H and O–H groups in total. The molecule has 1 fully saturated rings. The number of anilines is 1. The first kappa shape index (κ1) is 26.9. The number of ether oxygens (including phenoxy) is 2. The number of amides is 2. The van der Waals surface area contributed by atoms with Crippen LogP contribution in [0.1, 0.15) is 12.5 Å². The number of rotatable bonds is 7. The van der Waals surface area contributed by atoms with Crippen molar-refractivity contribution in [1.29, 1.82) is 0 Å². The zero-order valence-corrected chi connectivity index (χ0v) is 22.0. The summed E-state index contributed by atoms with van der Waals surface area (Å²) in [4.78, 5) is 28.1. The van der Waals surface area contributed by atoms with Crippen LogP contribution in [-0.4, -0.2) is 76.7 Å². The van der Waals surface area contributed by atoms with Crippen LogP contribution in [0.3, 0.4) is 0 Å². The van der Waals surface area contributed by atoms with Gasteiger partial charge in [0.05, 0.1) is 29.4 Å². The van der Waals surface area contributed by atoms with Gasteiger partial charge in [-0.3, -0.25) is 9.10 Å². The Morgan fingerprint density at radius 1 is 1.00 bits per heavy atom. The molecule has 1 heterocycles. The van der Waals surface area contributed by atoms with Crippen molar-refractivity contribution in [3.05, 3.63) is 52.0 Å². The lowest BCUT2D eigenvalue weighted by Crippen LogP contribution is -2.53. The predicted molar refractivity (Wildman–Crippen MR) is 134 cm³/mol. The lowest BCUT2D eigenvalue weighted by atomic mass is 10.2. The van der Waals surface area contributed by atoms with E-state index >= 15 is 0 Å². The van der Waals surface area contributed by atoms with Gasteiger partial charge in [-0.15, -0.1) is 0 Å². The molecule has 2 aromatic rings. The summed E-state index contributed by atoms with van der Waals surface area (Å²) in [6.45, 7) is 4.34. The van der Waals surface area contributed by atoms with Crippen LogP contribution < -0.4 is 9.04 Å². The highest BCUT2D eigenvalue weighted by Gasteiger charge is 2.33. The van der Waals surface area contributed by atoms with Crippen LogP contribution in [0.5, 0.6) is 5.75 Å². The molecule has 0 aliphatic carbocycles. The third-order valence-corrected chi connectivity index (χ3v) is 8.05. The Labute approximate surface area is 215 Å². The Bertz CT molecular complexity index is 1200. The van der Waals surface area contributed by atoms with E-state index in [4.69, 9.17) is 32.7 Å². The molecule has 2 amide bonds. The Hall–Kier alpha value is -2.69. The lowest BCUT2D eigenvalue weighted by molar-refractivity contribution is -0.131. The highest BCUT2D eigenvalue weighted by molar-refractivity contribution is 7.93. The average molecular weight is 544 g/mol. The molecule has 3 rings (SSSR count). The summed E-state index contributed by atoms with van der Waals surface area (Å²) in [5.41, 5.74) is 0.890. The van der Waals surface area contributed by atoms with E-state index < -0.39 is 28.6 Å². The van der Waals surface area contributed by atoms with Crippen molar-refractivity contribution in [2.45, 2.75) is 18.7 Å². The van der Waals surface area contributed by atoms with Crippen LogP contribution in [0.2, 0.25) is 10.0 Å². The number of halogens is 2. The van der Waals surface area contributed by atoms with Crippen molar-refractivity contribution < 1.29 is 27.5 Å². The van der Waals surface area contributed by atoms with Crippen LogP contribution in [0.4, 0.5) is 10.5 Å². The summed E-state index contributed by atoms with van der Waals surface area (Å²) in [5, 5.41) is 0.401. The summed E-state index contributed by atoms with van der Waals surface area (Å²) in [6, 6.07) is 9.13. The van der Waals surface area contributed by atoms with E-state index in [1.807, 2.05) is 0 Å². The number of hydrogen-bond acceptors (Lipinski definition) is 6. The zero-order chi connectivity index (χ0) is 25.8. The Kier molecular flexibility index (Phi) is 8.74. The fourth-order valence-corrected chi connectivity index (χ4v) is 5.58. The van der Waals surface area contributed by atoms with E-state index in [0.29, 0.717) is 5.56 Å². The van der Waals surface area contributed by atoms with Gasteiger partial charge in [0.15, 0.2) is 0 Å². The second-order valence-electron chi connectivity index (χ2n) is 7.83. The quantitative estimate of drug-likeness (QED) is 0.526. The first-order valence-electron chi connectivity index (χ1n) is 10.9.